The molecule has 1 unspecified atom stereocenters. The van der Waals surface area contributed by atoms with Crippen molar-refractivity contribution in [1.82, 2.24) is 9.97 Å². The van der Waals surface area contributed by atoms with E-state index in [2.05, 4.69) is 35.6 Å². The van der Waals surface area contributed by atoms with Crippen molar-refractivity contribution in [3.63, 3.8) is 0 Å². The summed E-state index contributed by atoms with van der Waals surface area (Å²) in [6, 6.07) is 0. The molecule has 1 atom stereocenters. The minimum Gasteiger partial charge on any atom is -0.383 e. The van der Waals surface area contributed by atoms with Crippen LogP contribution >= 0.6 is 0 Å². The monoisotopic (exact) mass is 248 g/mol. The summed E-state index contributed by atoms with van der Waals surface area (Å²) in [4.78, 5) is 11.0. The van der Waals surface area contributed by atoms with Crippen molar-refractivity contribution < 1.29 is 0 Å². The Labute approximate surface area is 110 Å². The minimum absolute atomic E-state index is 0.364. The maximum absolute atomic E-state index is 6.02. The molecular formula is C14H24N4. The van der Waals surface area contributed by atoms with Gasteiger partial charge < -0.3 is 10.6 Å². The van der Waals surface area contributed by atoms with Gasteiger partial charge in [0, 0.05) is 18.7 Å². The first-order chi connectivity index (χ1) is 8.63. The Kier molecular flexibility index (Phi) is 4.04. The van der Waals surface area contributed by atoms with Gasteiger partial charge in [0.1, 0.15) is 18.0 Å². The topological polar surface area (TPSA) is 55.0 Å². The summed E-state index contributed by atoms with van der Waals surface area (Å²) in [5, 5.41) is 0. The van der Waals surface area contributed by atoms with Gasteiger partial charge in [-0.15, -0.1) is 0 Å². The lowest BCUT2D eigenvalue weighted by atomic mass is 9.94. The quantitative estimate of drug-likeness (QED) is 0.893. The van der Waals surface area contributed by atoms with Gasteiger partial charge in [-0.05, 0) is 24.7 Å². The molecule has 1 saturated heterocycles. The SMILES string of the molecule is CCC1CCCN(c2ncnc(N)c2C(C)C)C1. The Balaban J connectivity index is 2.29. The highest BCUT2D eigenvalue weighted by Gasteiger charge is 2.23. The molecule has 2 heterocycles. The smallest absolute Gasteiger partial charge is 0.137 e. The highest BCUT2D eigenvalue weighted by molar-refractivity contribution is 5.58. The van der Waals surface area contributed by atoms with Crippen molar-refractivity contribution in [2.24, 2.45) is 5.92 Å². The molecule has 2 N–H and O–H groups in total. The van der Waals surface area contributed by atoms with Crippen molar-refractivity contribution >= 4 is 11.6 Å². The van der Waals surface area contributed by atoms with Crippen molar-refractivity contribution in [3.05, 3.63) is 11.9 Å². The fourth-order valence-corrected chi connectivity index (χ4v) is 2.80. The Morgan fingerprint density at radius 2 is 2.22 bits per heavy atom. The fourth-order valence-electron chi connectivity index (χ4n) is 2.80. The van der Waals surface area contributed by atoms with E-state index in [1.165, 1.54) is 19.3 Å². The van der Waals surface area contributed by atoms with Crippen LogP contribution in [0.1, 0.15) is 51.5 Å². The summed E-state index contributed by atoms with van der Waals surface area (Å²) in [5.74, 6) is 2.84. The van der Waals surface area contributed by atoms with Crippen LogP contribution in [-0.2, 0) is 0 Å². The number of rotatable bonds is 3. The second-order valence-corrected chi connectivity index (χ2v) is 5.51. The predicted octanol–water partition coefficient (Wildman–Crippen LogP) is 2.81. The largest absolute Gasteiger partial charge is 0.383 e. The average Bonchev–Trinajstić information content (AvgIpc) is 2.38. The zero-order valence-electron chi connectivity index (χ0n) is 11.7. The van der Waals surface area contributed by atoms with Gasteiger partial charge in [-0.1, -0.05) is 27.2 Å². The van der Waals surface area contributed by atoms with Gasteiger partial charge in [-0.25, -0.2) is 9.97 Å². The van der Waals surface area contributed by atoms with E-state index >= 15 is 0 Å². The van der Waals surface area contributed by atoms with Gasteiger partial charge in [-0.3, -0.25) is 0 Å². The lowest BCUT2D eigenvalue weighted by molar-refractivity contribution is 0.402. The summed E-state index contributed by atoms with van der Waals surface area (Å²) in [7, 11) is 0. The molecule has 4 nitrogen and oxygen atoms in total. The number of nitrogens with two attached hydrogens (primary N) is 1. The van der Waals surface area contributed by atoms with Crippen LogP contribution in [0, 0.1) is 5.92 Å². The van der Waals surface area contributed by atoms with Crippen LogP contribution in [0.15, 0.2) is 6.33 Å². The molecule has 1 fully saturated rings. The van der Waals surface area contributed by atoms with Crippen molar-refractivity contribution in [1.29, 1.82) is 0 Å². The molecule has 18 heavy (non-hydrogen) atoms. The maximum atomic E-state index is 6.02. The van der Waals surface area contributed by atoms with Crippen LogP contribution in [0.2, 0.25) is 0 Å². The van der Waals surface area contributed by atoms with Crippen LogP contribution in [0.25, 0.3) is 0 Å². The van der Waals surface area contributed by atoms with E-state index in [1.807, 2.05) is 0 Å². The first-order valence-corrected chi connectivity index (χ1v) is 6.98. The first kappa shape index (κ1) is 13.1. The second kappa shape index (κ2) is 5.55. The molecule has 0 aromatic carbocycles. The van der Waals surface area contributed by atoms with E-state index < -0.39 is 0 Å². The molecule has 0 saturated carbocycles. The standard InChI is InChI=1S/C14H24N4/c1-4-11-6-5-7-18(8-11)14-12(10(2)3)13(15)16-9-17-14/h9-11H,4-8H2,1-3H3,(H2,15,16,17). The van der Waals surface area contributed by atoms with Crippen LogP contribution in [0.3, 0.4) is 0 Å². The Hall–Kier alpha value is -1.32. The van der Waals surface area contributed by atoms with Gasteiger partial charge in [0.25, 0.3) is 0 Å². The van der Waals surface area contributed by atoms with Crippen LogP contribution in [0.5, 0.6) is 0 Å². The number of piperidine rings is 1. The molecule has 4 heteroatoms. The Bertz CT molecular complexity index is 403. The molecule has 1 aromatic heterocycles. The van der Waals surface area contributed by atoms with Gasteiger partial charge in [-0.2, -0.15) is 0 Å². The third kappa shape index (κ3) is 2.57. The molecule has 1 aliphatic rings. The van der Waals surface area contributed by atoms with E-state index in [0.29, 0.717) is 11.7 Å². The summed E-state index contributed by atoms with van der Waals surface area (Å²) < 4.78 is 0. The zero-order chi connectivity index (χ0) is 13.1. The normalized spacial score (nSPS) is 20.4. The van der Waals surface area contributed by atoms with Crippen molar-refractivity contribution in [3.8, 4) is 0 Å². The summed E-state index contributed by atoms with van der Waals surface area (Å²) in [5.41, 5.74) is 7.12. The number of hydrogen-bond donors (Lipinski definition) is 1. The highest BCUT2D eigenvalue weighted by atomic mass is 15.2. The lowest BCUT2D eigenvalue weighted by Crippen LogP contribution is -2.36. The van der Waals surface area contributed by atoms with Gasteiger partial charge in [0.2, 0.25) is 0 Å². The number of nitrogen functional groups attached to an aromatic ring is 1. The molecule has 0 aliphatic carbocycles. The third-order valence-electron chi connectivity index (χ3n) is 3.87. The first-order valence-electron chi connectivity index (χ1n) is 6.98. The molecule has 0 radical (unpaired) electrons. The molecule has 1 aliphatic heterocycles. The summed E-state index contributed by atoms with van der Waals surface area (Å²) in [6.07, 6.45) is 5.42. The van der Waals surface area contributed by atoms with E-state index in [1.54, 1.807) is 6.33 Å². The Morgan fingerprint density at radius 1 is 1.44 bits per heavy atom. The van der Waals surface area contributed by atoms with Crippen molar-refractivity contribution in [2.75, 3.05) is 23.7 Å². The maximum Gasteiger partial charge on any atom is 0.137 e. The highest BCUT2D eigenvalue weighted by Crippen LogP contribution is 2.32. The minimum atomic E-state index is 0.364. The number of aromatic nitrogens is 2. The number of anilines is 2. The van der Waals surface area contributed by atoms with Crippen LogP contribution < -0.4 is 10.6 Å². The number of hydrogen-bond acceptors (Lipinski definition) is 4. The molecule has 100 valence electrons. The molecular weight excluding hydrogens is 224 g/mol. The zero-order valence-corrected chi connectivity index (χ0v) is 11.7. The lowest BCUT2D eigenvalue weighted by Gasteiger charge is -2.34. The van der Waals surface area contributed by atoms with Gasteiger partial charge in [0.05, 0.1) is 0 Å². The Morgan fingerprint density at radius 3 is 2.89 bits per heavy atom. The summed E-state index contributed by atoms with van der Waals surface area (Å²) in [6.45, 7) is 8.77. The van der Waals surface area contributed by atoms with E-state index in [9.17, 15) is 0 Å². The van der Waals surface area contributed by atoms with Crippen molar-refractivity contribution in [2.45, 2.75) is 46.0 Å². The fraction of sp³-hybridized carbons (Fsp3) is 0.714. The summed E-state index contributed by atoms with van der Waals surface area (Å²) >= 11 is 0. The molecule has 1 aromatic rings. The molecule has 0 spiro atoms. The average molecular weight is 248 g/mol. The van der Waals surface area contributed by atoms with E-state index in [4.69, 9.17) is 5.73 Å². The van der Waals surface area contributed by atoms with E-state index in [-0.39, 0.29) is 0 Å². The van der Waals surface area contributed by atoms with E-state index in [0.717, 1.165) is 30.4 Å². The van der Waals surface area contributed by atoms with Crippen LogP contribution in [0.4, 0.5) is 11.6 Å². The van der Waals surface area contributed by atoms with Crippen LogP contribution in [-0.4, -0.2) is 23.1 Å². The molecule has 0 amide bonds. The third-order valence-corrected chi connectivity index (χ3v) is 3.87. The molecule has 0 bridgehead atoms. The van der Waals surface area contributed by atoms with Gasteiger partial charge in [0.15, 0.2) is 0 Å². The molecule has 2 rings (SSSR count). The second-order valence-electron chi connectivity index (χ2n) is 5.51. The van der Waals surface area contributed by atoms with Gasteiger partial charge >= 0.3 is 0 Å². The predicted molar refractivity (Wildman–Crippen MR) is 75.8 cm³/mol. The number of nitrogens with zero attached hydrogens (tertiary/aromatic N) is 3.